The van der Waals surface area contributed by atoms with E-state index in [1.807, 2.05) is 51.1 Å². The zero-order valence-corrected chi connectivity index (χ0v) is 15.6. The smallest absolute Gasteiger partial charge is 0.241 e. The third kappa shape index (κ3) is 4.00. The van der Waals surface area contributed by atoms with E-state index >= 15 is 0 Å². The molecule has 1 heterocycles. The summed E-state index contributed by atoms with van der Waals surface area (Å²) in [5.41, 5.74) is 4.70. The summed E-state index contributed by atoms with van der Waals surface area (Å²) in [4.78, 5) is 24.2. The molecule has 0 radical (unpaired) electrons. The second kappa shape index (κ2) is 7.23. The van der Waals surface area contributed by atoms with Gasteiger partial charge in [0.25, 0.3) is 0 Å². The van der Waals surface area contributed by atoms with Crippen LogP contribution in [-0.2, 0) is 9.59 Å². The molecule has 2 aromatic rings. The van der Waals surface area contributed by atoms with Crippen LogP contribution >= 0.6 is 0 Å². The number of nitrogens with one attached hydrogen (secondary N) is 2. The normalized spacial score (nSPS) is 16.9. The first-order valence-electron chi connectivity index (χ1n) is 8.84. The van der Waals surface area contributed by atoms with E-state index in [0.29, 0.717) is 17.8 Å². The fourth-order valence-electron chi connectivity index (χ4n) is 3.17. The third-order valence-corrected chi connectivity index (χ3v) is 4.76. The predicted molar refractivity (Wildman–Crippen MR) is 105 cm³/mol. The number of hydrogen-bond donors (Lipinski definition) is 3. The highest BCUT2D eigenvalue weighted by atomic mass is 16.3. The summed E-state index contributed by atoms with van der Waals surface area (Å²) in [6.07, 6.45) is 0.319. The van der Waals surface area contributed by atoms with E-state index in [4.69, 9.17) is 0 Å². The molecule has 0 saturated heterocycles. The summed E-state index contributed by atoms with van der Waals surface area (Å²) < 4.78 is 0. The molecule has 0 aliphatic carbocycles. The number of hydrazone groups is 1. The number of nitrogens with zero attached hydrogens (tertiary/aromatic N) is 1. The predicted octanol–water partition coefficient (Wildman–Crippen LogP) is 3.38. The Bertz CT molecular complexity index is 904. The number of amides is 2. The van der Waals surface area contributed by atoms with E-state index in [9.17, 15) is 14.7 Å². The average molecular weight is 365 g/mol. The van der Waals surface area contributed by atoms with Gasteiger partial charge in [0.15, 0.2) is 0 Å². The lowest BCUT2D eigenvalue weighted by molar-refractivity contribution is -0.122. The summed E-state index contributed by atoms with van der Waals surface area (Å²) >= 11 is 0. The van der Waals surface area contributed by atoms with Crippen LogP contribution in [0.5, 0.6) is 5.75 Å². The van der Waals surface area contributed by atoms with Crippen molar-refractivity contribution in [3.8, 4) is 5.75 Å². The Morgan fingerprint density at radius 2 is 1.93 bits per heavy atom. The van der Waals surface area contributed by atoms with Crippen LogP contribution in [0.2, 0.25) is 0 Å². The van der Waals surface area contributed by atoms with Crippen LogP contribution in [0.3, 0.4) is 0 Å². The van der Waals surface area contributed by atoms with Gasteiger partial charge in [0.1, 0.15) is 5.75 Å². The number of phenolic OH excluding ortho intramolecular Hbond substituents is 1. The Morgan fingerprint density at radius 1 is 1.22 bits per heavy atom. The van der Waals surface area contributed by atoms with Crippen molar-refractivity contribution in [1.82, 2.24) is 5.43 Å². The van der Waals surface area contributed by atoms with Crippen LogP contribution in [0.25, 0.3) is 0 Å². The Kier molecular flexibility index (Phi) is 4.99. The molecule has 6 nitrogen and oxygen atoms in total. The lowest BCUT2D eigenvalue weighted by Crippen LogP contribution is -2.39. The Labute approximate surface area is 158 Å². The van der Waals surface area contributed by atoms with Gasteiger partial charge in [0.05, 0.1) is 17.3 Å². The molecule has 0 spiro atoms. The van der Waals surface area contributed by atoms with Crippen molar-refractivity contribution in [2.45, 2.75) is 33.1 Å². The molecule has 2 aromatic carbocycles. The zero-order chi connectivity index (χ0) is 19.6. The lowest BCUT2D eigenvalue weighted by atomic mass is 9.79. The van der Waals surface area contributed by atoms with Gasteiger partial charge in [-0.15, -0.1) is 0 Å². The number of benzene rings is 2. The number of carbonyl (C=O) groups excluding carboxylic acids is 2. The lowest BCUT2D eigenvalue weighted by Gasteiger charge is -2.29. The third-order valence-electron chi connectivity index (χ3n) is 4.76. The topological polar surface area (TPSA) is 90.8 Å². The fraction of sp³-hybridized carbons (Fsp3) is 0.286. The quantitative estimate of drug-likeness (QED) is 0.726. The summed E-state index contributed by atoms with van der Waals surface area (Å²) in [5, 5.41) is 17.2. The summed E-state index contributed by atoms with van der Waals surface area (Å²) in [6.45, 7) is 5.69. The second-order valence-corrected chi connectivity index (χ2v) is 7.41. The van der Waals surface area contributed by atoms with E-state index in [0.717, 1.165) is 11.1 Å². The first kappa shape index (κ1) is 18.6. The van der Waals surface area contributed by atoms with E-state index in [1.165, 1.54) is 6.07 Å². The maximum Gasteiger partial charge on any atom is 0.241 e. The highest BCUT2D eigenvalue weighted by molar-refractivity contribution is 6.09. The van der Waals surface area contributed by atoms with E-state index in [2.05, 4.69) is 15.8 Å². The van der Waals surface area contributed by atoms with E-state index < -0.39 is 5.41 Å². The van der Waals surface area contributed by atoms with Gasteiger partial charge in [-0.25, -0.2) is 5.43 Å². The Balaban J connectivity index is 1.86. The zero-order valence-electron chi connectivity index (χ0n) is 15.6. The number of aromatic hydroxyl groups is 1. The highest BCUT2D eigenvalue weighted by Gasteiger charge is 2.33. The molecule has 0 fully saturated rings. The van der Waals surface area contributed by atoms with Gasteiger partial charge < -0.3 is 10.4 Å². The minimum absolute atomic E-state index is 0.0226. The van der Waals surface area contributed by atoms with Gasteiger partial charge in [-0.3, -0.25) is 9.59 Å². The van der Waals surface area contributed by atoms with Crippen molar-refractivity contribution in [3.63, 3.8) is 0 Å². The van der Waals surface area contributed by atoms with Gasteiger partial charge >= 0.3 is 0 Å². The van der Waals surface area contributed by atoms with Gasteiger partial charge in [-0.2, -0.15) is 5.10 Å². The largest absolute Gasteiger partial charge is 0.506 e. The fourth-order valence-corrected chi connectivity index (χ4v) is 3.17. The molecule has 6 heteroatoms. The van der Waals surface area contributed by atoms with Crippen molar-refractivity contribution >= 4 is 23.2 Å². The summed E-state index contributed by atoms with van der Waals surface area (Å²) in [5.74, 6) is -0.734. The highest BCUT2D eigenvalue weighted by Crippen LogP contribution is 2.33. The minimum Gasteiger partial charge on any atom is -0.506 e. The van der Waals surface area contributed by atoms with Crippen LogP contribution < -0.4 is 10.7 Å². The maximum atomic E-state index is 12.6. The first-order chi connectivity index (χ1) is 12.8. The standard InChI is InChI=1S/C21H23N3O3/c1-13(14-7-5-4-6-8-14)20(27)22-16-11-15(9-10-17(16)25)19-21(2,3)12-18(26)23-24-19/h4-11,13,25H,12H2,1-3H3,(H,22,27)(H,23,26). The van der Waals surface area contributed by atoms with Gasteiger partial charge in [0.2, 0.25) is 11.8 Å². The van der Waals surface area contributed by atoms with Crippen molar-refractivity contribution in [1.29, 1.82) is 0 Å². The van der Waals surface area contributed by atoms with Gasteiger partial charge in [0, 0.05) is 17.4 Å². The van der Waals surface area contributed by atoms with Crippen LogP contribution in [-0.4, -0.2) is 22.6 Å². The molecular weight excluding hydrogens is 342 g/mol. The van der Waals surface area contributed by atoms with Crippen molar-refractivity contribution in [2.24, 2.45) is 10.5 Å². The molecule has 140 valence electrons. The van der Waals surface area contributed by atoms with Gasteiger partial charge in [-0.1, -0.05) is 44.2 Å². The molecule has 27 heavy (non-hydrogen) atoms. The van der Waals surface area contributed by atoms with Gasteiger partial charge in [-0.05, 0) is 30.7 Å². The Morgan fingerprint density at radius 3 is 2.59 bits per heavy atom. The van der Waals surface area contributed by atoms with E-state index in [-0.39, 0.29) is 23.5 Å². The van der Waals surface area contributed by atoms with Crippen LogP contribution in [0, 0.1) is 5.41 Å². The molecule has 1 aliphatic rings. The number of carbonyl (C=O) groups is 2. The molecule has 3 N–H and O–H groups in total. The van der Waals surface area contributed by atoms with Crippen LogP contribution in [0.1, 0.15) is 44.2 Å². The van der Waals surface area contributed by atoms with Crippen molar-refractivity contribution in [2.75, 3.05) is 5.32 Å². The molecular formula is C21H23N3O3. The number of hydrogen-bond acceptors (Lipinski definition) is 4. The number of phenols is 1. The molecule has 1 atom stereocenters. The van der Waals surface area contributed by atoms with Crippen molar-refractivity contribution in [3.05, 3.63) is 59.7 Å². The molecule has 0 saturated carbocycles. The summed E-state index contributed by atoms with van der Waals surface area (Å²) in [6, 6.07) is 14.4. The maximum absolute atomic E-state index is 12.6. The number of rotatable bonds is 4. The average Bonchev–Trinajstić information content (AvgIpc) is 2.63. The molecule has 0 aromatic heterocycles. The number of anilines is 1. The van der Waals surface area contributed by atoms with E-state index in [1.54, 1.807) is 12.1 Å². The minimum atomic E-state index is -0.447. The first-order valence-corrected chi connectivity index (χ1v) is 8.84. The molecule has 1 unspecified atom stereocenters. The second-order valence-electron chi connectivity index (χ2n) is 7.41. The summed E-state index contributed by atoms with van der Waals surface area (Å²) in [7, 11) is 0. The van der Waals surface area contributed by atoms with Crippen LogP contribution in [0.15, 0.2) is 53.6 Å². The van der Waals surface area contributed by atoms with Crippen molar-refractivity contribution < 1.29 is 14.7 Å². The Hall–Kier alpha value is -3.15. The molecule has 3 rings (SSSR count). The molecule has 0 bridgehead atoms. The molecule has 2 amide bonds. The SMILES string of the molecule is CC(C(=O)Nc1cc(C2=NNC(=O)CC2(C)C)ccc1O)c1ccccc1. The monoisotopic (exact) mass is 365 g/mol. The molecule has 1 aliphatic heterocycles. The van der Waals surface area contributed by atoms with Crippen LogP contribution in [0.4, 0.5) is 5.69 Å².